The summed E-state index contributed by atoms with van der Waals surface area (Å²) in [6.45, 7) is 4.52. The van der Waals surface area contributed by atoms with Crippen molar-refractivity contribution < 1.29 is 23.8 Å². The van der Waals surface area contributed by atoms with Crippen LogP contribution in [-0.4, -0.2) is 54.6 Å². The molecule has 2 heterocycles. The number of rotatable bonds is 9. The van der Waals surface area contributed by atoms with E-state index in [0.717, 1.165) is 61.7 Å². The van der Waals surface area contributed by atoms with E-state index in [1.807, 2.05) is 18.2 Å². The maximum absolute atomic E-state index is 10.6. The van der Waals surface area contributed by atoms with Gasteiger partial charge in [0.25, 0.3) is 6.01 Å². The number of hydrogen-bond acceptors (Lipinski definition) is 6. The molecule has 1 aliphatic carbocycles. The van der Waals surface area contributed by atoms with Gasteiger partial charge in [0, 0.05) is 19.2 Å². The van der Waals surface area contributed by atoms with E-state index in [-0.39, 0.29) is 12.1 Å². The van der Waals surface area contributed by atoms with Crippen molar-refractivity contribution in [3.05, 3.63) is 18.2 Å². The molecule has 8 nitrogen and oxygen atoms in total. The van der Waals surface area contributed by atoms with Gasteiger partial charge in [0.1, 0.15) is 11.3 Å². The van der Waals surface area contributed by atoms with Crippen LogP contribution in [0.5, 0.6) is 5.75 Å². The Morgan fingerprint density at radius 1 is 1.34 bits per heavy atom. The van der Waals surface area contributed by atoms with Crippen molar-refractivity contribution in [1.29, 1.82) is 0 Å². The lowest BCUT2D eigenvalue weighted by Crippen LogP contribution is -2.40. The minimum Gasteiger partial charge on any atom is -0.493 e. The van der Waals surface area contributed by atoms with Gasteiger partial charge in [-0.3, -0.25) is 0 Å². The first-order valence-electron chi connectivity index (χ1n) is 10.5. The lowest BCUT2D eigenvalue weighted by Gasteiger charge is -2.31. The Bertz CT molecular complexity index is 827. The molecule has 0 bridgehead atoms. The monoisotopic (exact) mass is 403 g/mol. The molecule has 1 aromatic carbocycles. The predicted molar refractivity (Wildman–Crippen MR) is 109 cm³/mol. The molecule has 2 fully saturated rings. The lowest BCUT2D eigenvalue weighted by atomic mass is 10.1. The molecular weight excluding hydrogens is 374 g/mol. The molecule has 1 saturated carbocycles. The second-order valence-corrected chi connectivity index (χ2v) is 8.08. The van der Waals surface area contributed by atoms with Crippen molar-refractivity contribution in [2.45, 2.75) is 51.2 Å². The van der Waals surface area contributed by atoms with Crippen molar-refractivity contribution >= 4 is 23.2 Å². The second kappa shape index (κ2) is 8.90. The number of carbonyl (C=O) groups is 1. The number of hydrogen-bond donors (Lipinski definition) is 2. The molecule has 8 heteroatoms. The fraction of sp³-hybridized carbons (Fsp3) is 0.619. The van der Waals surface area contributed by atoms with Crippen molar-refractivity contribution in [2.24, 2.45) is 5.92 Å². The van der Waals surface area contributed by atoms with Crippen LogP contribution < -0.4 is 15.0 Å². The van der Waals surface area contributed by atoms with Crippen LogP contribution in [0.4, 0.5) is 10.8 Å². The number of ether oxygens (including phenoxy) is 2. The Labute approximate surface area is 170 Å². The first-order chi connectivity index (χ1) is 14.1. The summed E-state index contributed by atoms with van der Waals surface area (Å²) in [6, 6.07) is 6.23. The van der Waals surface area contributed by atoms with E-state index >= 15 is 0 Å². The van der Waals surface area contributed by atoms with Crippen molar-refractivity contribution in [1.82, 2.24) is 10.3 Å². The lowest BCUT2D eigenvalue weighted by molar-refractivity contribution is 0.0260. The van der Waals surface area contributed by atoms with E-state index in [9.17, 15) is 4.79 Å². The summed E-state index contributed by atoms with van der Waals surface area (Å²) in [5.41, 5.74) is 1.58. The number of oxazole rings is 1. The fourth-order valence-corrected chi connectivity index (χ4v) is 3.61. The predicted octanol–water partition coefficient (Wildman–Crippen LogP) is 3.65. The first-order valence-corrected chi connectivity index (χ1v) is 10.5. The van der Waals surface area contributed by atoms with E-state index in [0.29, 0.717) is 12.6 Å². The molecule has 2 aliphatic rings. The van der Waals surface area contributed by atoms with Gasteiger partial charge in [-0.05, 0) is 44.2 Å². The number of amides is 1. The average Bonchev–Trinajstić information content (AvgIpc) is 3.42. The number of anilines is 1. The van der Waals surface area contributed by atoms with Gasteiger partial charge >= 0.3 is 6.09 Å². The zero-order valence-electron chi connectivity index (χ0n) is 16.8. The van der Waals surface area contributed by atoms with Gasteiger partial charge in [0.2, 0.25) is 0 Å². The third-order valence-electron chi connectivity index (χ3n) is 5.50. The first kappa shape index (κ1) is 19.8. The number of aromatic nitrogens is 1. The van der Waals surface area contributed by atoms with Crippen molar-refractivity contribution in [2.75, 3.05) is 31.2 Å². The minimum absolute atomic E-state index is 0.125. The number of benzene rings is 1. The number of fused-ring (bicyclic) bond motifs is 1. The molecule has 0 radical (unpaired) electrons. The maximum atomic E-state index is 10.6. The summed E-state index contributed by atoms with van der Waals surface area (Å²) in [5, 5.41) is 11.1. The van der Waals surface area contributed by atoms with Gasteiger partial charge in [0.05, 0.1) is 25.4 Å². The molecular formula is C21H29N3O5. The number of carboxylic acid groups (broad SMARTS) is 1. The highest BCUT2D eigenvalue weighted by Crippen LogP contribution is 2.33. The van der Waals surface area contributed by atoms with E-state index in [2.05, 4.69) is 15.2 Å². The van der Waals surface area contributed by atoms with Crippen molar-refractivity contribution in [3.63, 3.8) is 0 Å². The molecule has 4 rings (SSSR count). The van der Waals surface area contributed by atoms with Gasteiger partial charge in [-0.15, -0.1) is 0 Å². The molecule has 2 N–H and O–H groups in total. The largest absolute Gasteiger partial charge is 0.493 e. The topological polar surface area (TPSA) is 97.1 Å². The summed E-state index contributed by atoms with van der Waals surface area (Å²) < 4.78 is 17.7. The van der Waals surface area contributed by atoms with Crippen LogP contribution in [0, 0.1) is 5.92 Å². The summed E-state index contributed by atoms with van der Waals surface area (Å²) in [7, 11) is 0. The van der Waals surface area contributed by atoms with Crippen molar-refractivity contribution in [3.8, 4) is 5.75 Å². The molecule has 29 heavy (non-hydrogen) atoms. The molecule has 0 spiro atoms. The summed E-state index contributed by atoms with van der Waals surface area (Å²) in [5.74, 6) is 1.69. The molecule has 1 amide bonds. The van der Waals surface area contributed by atoms with Crippen LogP contribution >= 0.6 is 0 Å². The highest BCUT2D eigenvalue weighted by molar-refractivity contribution is 5.76. The average molecular weight is 403 g/mol. The van der Waals surface area contributed by atoms with Crippen LogP contribution in [0.15, 0.2) is 22.6 Å². The van der Waals surface area contributed by atoms with Crippen LogP contribution in [0.25, 0.3) is 11.1 Å². The Hall–Kier alpha value is -2.48. The molecule has 158 valence electrons. The van der Waals surface area contributed by atoms with E-state index in [4.69, 9.17) is 19.0 Å². The Morgan fingerprint density at radius 3 is 2.86 bits per heavy atom. The quantitative estimate of drug-likeness (QED) is 0.659. The molecule has 1 aliphatic heterocycles. The summed E-state index contributed by atoms with van der Waals surface area (Å²) in [4.78, 5) is 17.4. The Balaban J connectivity index is 1.27. The summed E-state index contributed by atoms with van der Waals surface area (Å²) in [6.07, 6.45) is 4.62. The van der Waals surface area contributed by atoms with E-state index < -0.39 is 6.09 Å². The highest BCUT2D eigenvalue weighted by Gasteiger charge is 2.24. The maximum Gasteiger partial charge on any atom is 0.404 e. The fourth-order valence-electron chi connectivity index (χ4n) is 3.61. The number of nitrogens with one attached hydrogen (secondary N) is 1. The third kappa shape index (κ3) is 5.53. The van der Waals surface area contributed by atoms with Gasteiger partial charge in [-0.2, -0.15) is 4.98 Å². The van der Waals surface area contributed by atoms with Gasteiger partial charge in [-0.25, -0.2) is 4.79 Å². The SMILES string of the molecule is C[C@@H](COC1CCN(c2nc3ccc(OCCC4CC4)cc3o2)CC1)NC(=O)O. The smallest absolute Gasteiger partial charge is 0.404 e. The van der Waals surface area contributed by atoms with Crippen LogP contribution in [0.2, 0.25) is 0 Å². The normalized spacial score (nSPS) is 18.7. The molecule has 1 atom stereocenters. The number of piperidine rings is 1. The van der Waals surface area contributed by atoms with Gasteiger partial charge in [-0.1, -0.05) is 12.8 Å². The minimum atomic E-state index is -1.02. The summed E-state index contributed by atoms with van der Waals surface area (Å²) >= 11 is 0. The highest BCUT2D eigenvalue weighted by atomic mass is 16.5. The Morgan fingerprint density at radius 2 is 2.14 bits per heavy atom. The molecule has 1 aromatic heterocycles. The standard InChI is InChI=1S/C21H29N3O5/c1-14(22-21(25)26)13-28-16-6-9-24(10-7-16)20-23-18-5-4-17(12-19(18)29-20)27-11-8-15-2-3-15/h4-5,12,14-16,22H,2-3,6-11,13H2,1H3,(H,25,26)/t14-/m0/s1. The third-order valence-corrected chi connectivity index (χ3v) is 5.50. The van der Waals surface area contributed by atoms with E-state index in [1.54, 1.807) is 6.92 Å². The van der Waals surface area contributed by atoms with Crippen LogP contribution in [0.1, 0.15) is 39.0 Å². The Kier molecular flexibility index (Phi) is 6.08. The van der Waals surface area contributed by atoms with Gasteiger partial charge < -0.3 is 29.2 Å². The molecule has 2 aromatic rings. The molecule has 1 saturated heterocycles. The van der Waals surface area contributed by atoms with Gasteiger partial charge in [0.15, 0.2) is 5.58 Å². The second-order valence-electron chi connectivity index (χ2n) is 8.08. The zero-order chi connectivity index (χ0) is 20.2. The number of nitrogens with zero attached hydrogens (tertiary/aromatic N) is 2. The van der Waals surface area contributed by atoms with E-state index in [1.165, 1.54) is 12.8 Å². The van der Waals surface area contributed by atoms with Crippen LogP contribution in [-0.2, 0) is 4.74 Å². The molecule has 0 unspecified atom stereocenters. The van der Waals surface area contributed by atoms with Crippen LogP contribution in [0.3, 0.4) is 0 Å². The zero-order valence-corrected chi connectivity index (χ0v) is 16.8.